The van der Waals surface area contributed by atoms with Gasteiger partial charge in [0.05, 0.1) is 23.6 Å². The molecule has 2 aliphatic heterocycles. The Hall–Kier alpha value is -2.74. The number of hydrogen-bond acceptors (Lipinski definition) is 6. The maximum Gasteiger partial charge on any atom is 0.356 e. The number of rotatable bonds is 6. The Morgan fingerprint density at radius 3 is 2.90 bits per heavy atom. The zero-order valence-corrected chi connectivity index (χ0v) is 18.3. The van der Waals surface area contributed by atoms with Crippen molar-refractivity contribution in [3.63, 3.8) is 0 Å². The molecule has 31 heavy (non-hydrogen) atoms. The zero-order valence-electron chi connectivity index (χ0n) is 18.3. The Morgan fingerprint density at radius 2 is 2.16 bits per heavy atom. The van der Waals surface area contributed by atoms with E-state index in [1.165, 1.54) is 0 Å². The number of aryl methyl sites for hydroxylation is 3. The number of carbonyl (C=O) groups is 2. The summed E-state index contributed by atoms with van der Waals surface area (Å²) in [6, 6.07) is 3.56. The molecule has 1 amide bonds. The molecule has 4 rings (SSSR count). The number of hydrogen-bond donors (Lipinski definition) is 1. The van der Waals surface area contributed by atoms with Crippen LogP contribution < -0.4 is 5.32 Å². The van der Waals surface area contributed by atoms with Crippen molar-refractivity contribution in [3.05, 3.63) is 46.5 Å². The molecule has 1 fully saturated rings. The number of aromatic nitrogens is 3. The molecule has 1 N–H and O–H groups in total. The van der Waals surface area contributed by atoms with Crippen molar-refractivity contribution in [3.8, 4) is 0 Å². The third-order valence-electron chi connectivity index (χ3n) is 6.28. The van der Waals surface area contributed by atoms with E-state index in [0.29, 0.717) is 31.6 Å². The molecular weight excluding hydrogens is 396 g/mol. The molecule has 0 unspecified atom stereocenters. The van der Waals surface area contributed by atoms with Gasteiger partial charge in [-0.15, -0.1) is 0 Å². The summed E-state index contributed by atoms with van der Waals surface area (Å²) < 4.78 is 12.9. The average Bonchev–Trinajstić information content (AvgIpc) is 3.05. The van der Waals surface area contributed by atoms with Crippen LogP contribution in [0.1, 0.15) is 64.0 Å². The monoisotopic (exact) mass is 426 g/mol. The van der Waals surface area contributed by atoms with Gasteiger partial charge in [0.25, 0.3) is 5.91 Å². The van der Waals surface area contributed by atoms with E-state index < -0.39 is 5.97 Å². The van der Waals surface area contributed by atoms with E-state index >= 15 is 0 Å². The second-order valence-corrected chi connectivity index (χ2v) is 8.52. The minimum Gasteiger partial charge on any atom is -0.461 e. The summed E-state index contributed by atoms with van der Waals surface area (Å²) in [5.74, 6) is -0.448. The molecule has 8 heteroatoms. The van der Waals surface area contributed by atoms with Gasteiger partial charge in [0, 0.05) is 38.9 Å². The number of fused-ring (bicyclic) bond motifs is 1. The quantitative estimate of drug-likeness (QED) is 0.563. The van der Waals surface area contributed by atoms with Crippen LogP contribution in [0.15, 0.2) is 18.3 Å². The Labute approximate surface area is 182 Å². The lowest BCUT2D eigenvalue weighted by Crippen LogP contribution is -2.40. The first-order valence-electron chi connectivity index (χ1n) is 11.1. The summed E-state index contributed by atoms with van der Waals surface area (Å²) >= 11 is 0. The van der Waals surface area contributed by atoms with Gasteiger partial charge in [0.2, 0.25) is 0 Å². The summed E-state index contributed by atoms with van der Waals surface area (Å²) in [5, 5.41) is 7.87. The summed E-state index contributed by atoms with van der Waals surface area (Å²) in [6.07, 6.45) is 5.60. The van der Waals surface area contributed by atoms with E-state index in [1.54, 1.807) is 12.3 Å². The number of amides is 1. The van der Waals surface area contributed by atoms with E-state index in [4.69, 9.17) is 14.6 Å². The fraction of sp³-hybridized carbons (Fsp3) is 0.565. The maximum atomic E-state index is 12.9. The first-order valence-corrected chi connectivity index (χ1v) is 11.1. The van der Waals surface area contributed by atoms with Crippen molar-refractivity contribution in [2.24, 2.45) is 5.41 Å². The molecule has 0 saturated carbocycles. The second kappa shape index (κ2) is 9.18. The number of esters is 1. The third kappa shape index (κ3) is 4.63. The largest absolute Gasteiger partial charge is 0.461 e. The summed E-state index contributed by atoms with van der Waals surface area (Å²) in [4.78, 5) is 29.1. The van der Waals surface area contributed by atoms with Gasteiger partial charge in [-0.3, -0.25) is 9.48 Å². The molecule has 4 heterocycles. The minimum absolute atomic E-state index is 0.0191. The van der Waals surface area contributed by atoms with Gasteiger partial charge in [-0.25, -0.2) is 9.78 Å². The highest BCUT2D eigenvalue weighted by Crippen LogP contribution is 2.37. The lowest BCUT2D eigenvalue weighted by atomic mass is 9.76. The fourth-order valence-corrected chi connectivity index (χ4v) is 4.46. The number of ether oxygens (including phenoxy) is 2. The highest BCUT2D eigenvalue weighted by molar-refractivity contribution is 5.97. The van der Waals surface area contributed by atoms with Crippen molar-refractivity contribution in [2.45, 2.75) is 52.5 Å². The number of pyridine rings is 1. The van der Waals surface area contributed by atoms with Gasteiger partial charge in [-0.1, -0.05) is 6.92 Å². The van der Waals surface area contributed by atoms with E-state index in [-0.39, 0.29) is 17.9 Å². The van der Waals surface area contributed by atoms with E-state index in [9.17, 15) is 9.59 Å². The van der Waals surface area contributed by atoms with Crippen LogP contribution in [-0.4, -0.2) is 53.0 Å². The summed E-state index contributed by atoms with van der Waals surface area (Å²) in [6.45, 7) is 6.92. The second-order valence-electron chi connectivity index (χ2n) is 8.52. The topological polar surface area (TPSA) is 95.3 Å². The van der Waals surface area contributed by atoms with Crippen LogP contribution >= 0.6 is 0 Å². The summed E-state index contributed by atoms with van der Waals surface area (Å²) in [7, 11) is 0. The number of carbonyl (C=O) groups excluding carboxylic acids is 2. The van der Waals surface area contributed by atoms with E-state index in [0.717, 1.165) is 55.0 Å². The highest BCUT2D eigenvalue weighted by atomic mass is 16.5. The van der Waals surface area contributed by atoms with Gasteiger partial charge < -0.3 is 14.8 Å². The van der Waals surface area contributed by atoms with Crippen molar-refractivity contribution in [1.29, 1.82) is 0 Å². The van der Waals surface area contributed by atoms with Crippen molar-refractivity contribution in [1.82, 2.24) is 20.1 Å². The van der Waals surface area contributed by atoms with Gasteiger partial charge in [0.1, 0.15) is 5.69 Å². The molecule has 166 valence electrons. The van der Waals surface area contributed by atoms with Gasteiger partial charge in [-0.2, -0.15) is 5.10 Å². The van der Waals surface area contributed by atoms with Gasteiger partial charge in [-0.05, 0) is 55.7 Å². The summed E-state index contributed by atoms with van der Waals surface area (Å²) in [5.41, 5.74) is 3.86. The number of nitrogens with one attached hydrogen (secondary N) is 1. The lowest BCUT2D eigenvalue weighted by Gasteiger charge is -2.36. The standard InChI is InChI=1S/C23H30N4O4/c1-3-17-20-19(14-23(15-25-21(20)28)6-11-30-12-7-23)27(26-17)9-4-10-31-22(29)18-13-16(2)5-8-24-18/h5,8,13H,3-4,6-7,9-12,14-15H2,1-2H3,(H,25,28). The Morgan fingerprint density at radius 1 is 1.35 bits per heavy atom. The molecule has 2 aliphatic rings. The molecule has 0 bridgehead atoms. The van der Waals surface area contributed by atoms with Crippen LogP contribution in [0, 0.1) is 12.3 Å². The van der Waals surface area contributed by atoms with Crippen molar-refractivity contribution in [2.75, 3.05) is 26.4 Å². The van der Waals surface area contributed by atoms with Crippen molar-refractivity contribution < 1.29 is 19.1 Å². The maximum absolute atomic E-state index is 12.9. The molecular formula is C23H30N4O4. The predicted octanol–water partition coefficient (Wildman–Crippen LogP) is 2.48. The van der Waals surface area contributed by atoms with Crippen LogP contribution in [0.4, 0.5) is 0 Å². The normalized spacial score (nSPS) is 17.7. The van der Waals surface area contributed by atoms with E-state index in [1.807, 2.05) is 24.6 Å². The van der Waals surface area contributed by atoms with Gasteiger partial charge in [0.15, 0.2) is 0 Å². The highest BCUT2D eigenvalue weighted by Gasteiger charge is 2.39. The molecule has 1 spiro atoms. The van der Waals surface area contributed by atoms with E-state index in [2.05, 4.69) is 10.3 Å². The van der Waals surface area contributed by atoms with Crippen LogP contribution in [0.2, 0.25) is 0 Å². The lowest BCUT2D eigenvalue weighted by molar-refractivity contribution is 0.0152. The molecule has 1 saturated heterocycles. The van der Waals surface area contributed by atoms with Crippen molar-refractivity contribution >= 4 is 11.9 Å². The first-order chi connectivity index (χ1) is 15.0. The third-order valence-corrected chi connectivity index (χ3v) is 6.28. The molecule has 0 aliphatic carbocycles. The SMILES string of the molecule is CCc1nn(CCCOC(=O)c2cc(C)ccn2)c2c1C(=O)NCC1(CCOCC1)C2. The smallest absolute Gasteiger partial charge is 0.356 e. The van der Waals surface area contributed by atoms with Crippen LogP contribution in [0.25, 0.3) is 0 Å². The Balaban J connectivity index is 1.45. The minimum atomic E-state index is -0.419. The fourth-order valence-electron chi connectivity index (χ4n) is 4.46. The molecule has 0 atom stereocenters. The zero-order chi connectivity index (χ0) is 21.8. The van der Waals surface area contributed by atoms with Gasteiger partial charge >= 0.3 is 5.97 Å². The molecule has 0 radical (unpaired) electrons. The van der Waals surface area contributed by atoms with Crippen LogP contribution in [0.5, 0.6) is 0 Å². The number of nitrogens with zero attached hydrogens (tertiary/aromatic N) is 3. The Kier molecular flexibility index (Phi) is 6.36. The predicted molar refractivity (Wildman–Crippen MR) is 114 cm³/mol. The van der Waals surface area contributed by atoms with Crippen LogP contribution in [0.3, 0.4) is 0 Å². The molecule has 2 aromatic rings. The van der Waals surface area contributed by atoms with Crippen LogP contribution in [-0.2, 0) is 28.9 Å². The molecule has 0 aromatic carbocycles. The molecule has 8 nitrogen and oxygen atoms in total. The Bertz CT molecular complexity index is 962. The molecule has 2 aromatic heterocycles. The first kappa shape index (κ1) is 21.5. The average molecular weight is 427 g/mol.